The highest BCUT2D eigenvalue weighted by atomic mass is 19.4. The van der Waals surface area contributed by atoms with Crippen molar-refractivity contribution in [2.75, 3.05) is 19.0 Å². The summed E-state index contributed by atoms with van der Waals surface area (Å²) in [6, 6.07) is 3.25. The number of amides is 1. The molecule has 3 aromatic rings. The lowest BCUT2D eigenvalue weighted by molar-refractivity contribution is -0.275. The van der Waals surface area contributed by atoms with E-state index < -0.39 is 65.5 Å². The molecule has 3 heterocycles. The van der Waals surface area contributed by atoms with E-state index in [-0.39, 0.29) is 40.4 Å². The van der Waals surface area contributed by atoms with Crippen molar-refractivity contribution in [3.63, 3.8) is 0 Å². The number of hydrogen-bond donors (Lipinski definition) is 5. The number of carbonyl (C=O) groups is 1. The number of nitrogen functional groups attached to an aromatic ring is 1. The number of pyridine rings is 1. The van der Waals surface area contributed by atoms with Crippen LogP contribution in [0.5, 0.6) is 5.75 Å². The molecule has 39 heavy (non-hydrogen) atoms. The second-order valence-electron chi connectivity index (χ2n) is 9.25. The van der Waals surface area contributed by atoms with Gasteiger partial charge in [0.15, 0.2) is 17.2 Å². The molecule has 1 amide bonds. The van der Waals surface area contributed by atoms with Gasteiger partial charge in [0.1, 0.15) is 34.8 Å². The SMILES string of the molecule is COc1c([C@H]2[C@H](c3nc4c(C(=N)N)nc(NC(=O)CCO)cc4[nH]3)O[C@@](C)(C(F)(F)F)[C@H]2C)ccc(F)c1F. The Hall–Kier alpha value is -3.85. The Morgan fingerprint density at radius 3 is 2.62 bits per heavy atom. The summed E-state index contributed by atoms with van der Waals surface area (Å²) in [4.78, 5) is 23.2. The summed E-state index contributed by atoms with van der Waals surface area (Å²) in [7, 11) is 1.07. The fourth-order valence-electron chi connectivity index (χ4n) is 4.78. The van der Waals surface area contributed by atoms with Crippen molar-refractivity contribution >= 4 is 28.6 Å². The number of halogens is 5. The molecule has 210 valence electrons. The van der Waals surface area contributed by atoms with Gasteiger partial charge in [-0.1, -0.05) is 13.0 Å². The molecule has 15 heteroatoms. The molecule has 6 N–H and O–H groups in total. The van der Waals surface area contributed by atoms with E-state index in [2.05, 4.69) is 20.3 Å². The number of nitrogens with one attached hydrogen (secondary N) is 3. The highest BCUT2D eigenvalue weighted by Gasteiger charge is 2.65. The van der Waals surface area contributed by atoms with Gasteiger partial charge in [0.05, 0.1) is 25.7 Å². The fraction of sp³-hybridized carbons (Fsp3) is 0.417. The van der Waals surface area contributed by atoms with Gasteiger partial charge in [0.2, 0.25) is 11.7 Å². The van der Waals surface area contributed by atoms with Crippen LogP contribution in [0.3, 0.4) is 0 Å². The van der Waals surface area contributed by atoms with E-state index in [1.54, 1.807) is 0 Å². The zero-order valence-electron chi connectivity index (χ0n) is 20.9. The Labute approximate surface area is 218 Å². The van der Waals surface area contributed by atoms with Crippen LogP contribution >= 0.6 is 0 Å². The number of anilines is 1. The monoisotopic (exact) mass is 556 g/mol. The number of rotatable bonds is 7. The van der Waals surface area contributed by atoms with Crippen LogP contribution in [0, 0.1) is 23.0 Å². The summed E-state index contributed by atoms with van der Waals surface area (Å²) in [5.41, 5.74) is 2.84. The minimum Gasteiger partial charge on any atom is -0.493 e. The van der Waals surface area contributed by atoms with Gasteiger partial charge in [-0.2, -0.15) is 17.6 Å². The molecule has 0 bridgehead atoms. The van der Waals surface area contributed by atoms with Gasteiger partial charge in [0, 0.05) is 23.5 Å². The maximum absolute atomic E-state index is 14.6. The second kappa shape index (κ2) is 10.0. The van der Waals surface area contributed by atoms with Crippen LogP contribution in [0.4, 0.5) is 27.8 Å². The van der Waals surface area contributed by atoms with Gasteiger partial charge < -0.3 is 30.6 Å². The average Bonchev–Trinajstić information content (AvgIpc) is 3.39. The quantitative estimate of drug-likeness (QED) is 0.169. The Morgan fingerprint density at radius 2 is 2.03 bits per heavy atom. The molecule has 0 spiro atoms. The van der Waals surface area contributed by atoms with Crippen LogP contribution in [0.1, 0.15) is 49.4 Å². The molecule has 0 aliphatic carbocycles. The second-order valence-corrected chi connectivity index (χ2v) is 9.25. The van der Waals surface area contributed by atoms with E-state index in [9.17, 15) is 26.7 Å². The predicted octanol–water partition coefficient (Wildman–Crippen LogP) is 3.66. The first kappa shape index (κ1) is 28.2. The predicted molar refractivity (Wildman–Crippen MR) is 128 cm³/mol. The molecule has 0 saturated carbocycles. The van der Waals surface area contributed by atoms with E-state index in [0.29, 0.717) is 0 Å². The Bertz CT molecular complexity index is 1440. The minimum absolute atomic E-state index is 0.00511. The Morgan fingerprint density at radius 1 is 1.33 bits per heavy atom. The van der Waals surface area contributed by atoms with Crippen molar-refractivity contribution in [2.45, 2.75) is 44.1 Å². The first-order chi connectivity index (χ1) is 18.2. The van der Waals surface area contributed by atoms with Crippen LogP contribution in [-0.2, 0) is 9.53 Å². The molecular weight excluding hydrogens is 531 g/mol. The number of alkyl halides is 3. The third-order valence-corrected chi connectivity index (χ3v) is 6.93. The number of aromatic amines is 1. The molecule has 1 aliphatic rings. The number of hydrogen-bond acceptors (Lipinski definition) is 7. The molecule has 4 atom stereocenters. The molecule has 0 unspecified atom stereocenters. The molecule has 1 aromatic carbocycles. The number of nitrogens with zero attached hydrogens (tertiary/aromatic N) is 2. The normalized spacial score (nSPS) is 23.3. The number of carbonyl (C=O) groups excluding carboxylic acids is 1. The minimum atomic E-state index is -4.85. The van der Waals surface area contributed by atoms with E-state index in [0.717, 1.165) is 26.2 Å². The van der Waals surface area contributed by atoms with Crippen LogP contribution in [0.25, 0.3) is 11.0 Å². The molecule has 4 rings (SSSR count). The van der Waals surface area contributed by atoms with Gasteiger partial charge in [-0.25, -0.2) is 14.4 Å². The molecule has 1 fully saturated rings. The number of nitrogens with two attached hydrogens (primary N) is 1. The highest BCUT2D eigenvalue weighted by Crippen LogP contribution is 2.59. The highest BCUT2D eigenvalue weighted by molar-refractivity contribution is 6.05. The van der Waals surface area contributed by atoms with Crippen molar-refractivity contribution in [3.05, 3.63) is 46.9 Å². The number of benzene rings is 1. The van der Waals surface area contributed by atoms with Crippen LogP contribution in [0.2, 0.25) is 0 Å². The summed E-state index contributed by atoms with van der Waals surface area (Å²) < 4.78 is 82.1. The van der Waals surface area contributed by atoms with Crippen LogP contribution in [0.15, 0.2) is 18.2 Å². The topological polar surface area (TPSA) is 159 Å². The van der Waals surface area contributed by atoms with Crippen LogP contribution in [-0.4, -0.2) is 57.3 Å². The summed E-state index contributed by atoms with van der Waals surface area (Å²) in [6.07, 6.45) is -6.55. The number of amidine groups is 1. The number of aromatic nitrogens is 3. The number of fused-ring (bicyclic) bond motifs is 1. The van der Waals surface area contributed by atoms with Crippen molar-refractivity contribution in [2.24, 2.45) is 11.7 Å². The third-order valence-electron chi connectivity index (χ3n) is 6.93. The van der Waals surface area contributed by atoms with E-state index in [1.807, 2.05) is 0 Å². The largest absolute Gasteiger partial charge is 0.493 e. The first-order valence-electron chi connectivity index (χ1n) is 11.7. The van der Waals surface area contributed by atoms with E-state index >= 15 is 0 Å². The lowest BCUT2D eigenvalue weighted by Gasteiger charge is -2.32. The third kappa shape index (κ3) is 4.76. The molecule has 1 saturated heterocycles. The summed E-state index contributed by atoms with van der Waals surface area (Å²) in [5.74, 6) is -7.04. The molecular formula is C24H25F5N6O4. The van der Waals surface area contributed by atoms with Crippen molar-refractivity contribution in [3.8, 4) is 5.75 Å². The summed E-state index contributed by atoms with van der Waals surface area (Å²) in [5, 5.41) is 19.3. The number of aliphatic hydroxyl groups excluding tert-OH is 1. The molecule has 2 aromatic heterocycles. The van der Waals surface area contributed by atoms with Crippen molar-refractivity contribution < 1.29 is 41.3 Å². The summed E-state index contributed by atoms with van der Waals surface area (Å²) >= 11 is 0. The first-order valence-corrected chi connectivity index (χ1v) is 11.7. The maximum Gasteiger partial charge on any atom is 0.417 e. The molecule has 0 radical (unpaired) electrons. The van der Waals surface area contributed by atoms with Crippen molar-refractivity contribution in [1.29, 1.82) is 5.41 Å². The molecule has 1 aliphatic heterocycles. The number of ether oxygens (including phenoxy) is 2. The maximum atomic E-state index is 14.6. The standard InChI is InChI=1S/C24H25F5N6O4/c1-9-15(10-4-5-11(25)16(26)19(10)38-3)20(39-23(9,2)24(27,28)29)22-32-12-8-13(33-14(37)6-7-36)34-18(21(30)31)17(12)35-22/h4-5,8-9,15,20,36H,6-7H2,1-3H3,(H3,30,31)(H,32,35)(H,33,34,37)/t9-,15-,20+,23+/m0/s1. The van der Waals surface area contributed by atoms with Gasteiger partial charge >= 0.3 is 6.18 Å². The average molecular weight is 556 g/mol. The fourth-order valence-corrected chi connectivity index (χ4v) is 4.78. The van der Waals surface area contributed by atoms with E-state index in [1.165, 1.54) is 13.0 Å². The number of H-pyrrole nitrogens is 1. The smallest absolute Gasteiger partial charge is 0.417 e. The lowest BCUT2D eigenvalue weighted by Crippen LogP contribution is -2.46. The van der Waals surface area contributed by atoms with Gasteiger partial charge in [0.25, 0.3) is 0 Å². The number of aliphatic hydroxyl groups is 1. The zero-order chi connectivity index (χ0) is 28.9. The van der Waals surface area contributed by atoms with Crippen molar-refractivity contribution in [1.82, 2.24) is 15.0 Å². The zero-order valence-corrected chi connectivity index (χ0v) is 20.9. The summed E-state index contributed by atoms with van der Waals surface area (Å²) in [6.45, 7) is 1.71. The Balaban J connectivity index is 1.90. The van der Waals surface area contributed by atoms with Gasteiger partial charge in [-0.05, 0) is 13.0 Å². The van der Waals surface area contributed by atoms with Gasteiger partial charge in [-0.3, -0.25) is 10.2 Å². The Kier molecular flexibility index (Phi) is 7.25. The van der Waals surface area contributed by atoms with Crippen LogP contribution < -0.4 is 15.8 Å². The van der Waals surface area contributed by atoms with Gasteiger partial charge in [-0.15, -0.1) is 0 Å². The lowest BCUT2D eigenvalue weighted by atomic mass is 9.77. The molecule has 10 nitrogen and oxygen atoms in total. The number of imidazole rings is 1. The van der Waals surface area contributed by atoms with E-state index in [4.69, 9.17) is 25.7 Å². The number of methoxy groups -OCH3 is 1.